The van der Waals surface area contributed by atoms with Gasteiger partial charge in [0.1, 0.15) is 5.54 Å². The highest BCUT2D eigenvalue weighted by Gasteiger charge is 2.46. The highest BCUT2D eigenvalue weighted by atomic mass is 16.5. The molecule has 1 fully saturated rings. The number of carbonyl (C=O) groups is 1. The average Bonchev–Trinajstić information content (AvgIpc) is 2.72. The van der Waals surface area contributed by atoms with Crippen LogP contribution in [0.4, 0.5) is 0 Å². The number of methoxy groups -OCH3 is 1. The van der Waals surface area contributed by atoms with Crippen LogP contribution in [0.1, 0.15) is 32.6 Å². The van der Waals surface area contributed by atoms with E-state index >= 15 is 0 Å². The van der Waals surface area contributed by atoms with E-state index in [4.69, 9.17) is 19.9 Å². The second-order valence-electron chi connectivity index (χ2n) is 4.74. The number of rotatable bonds is 8. The molecular weight excluding hydrogens is 234 g/mol. The Labute approximate surface area is 109 Å². The lowest BCUT2D eigenvalue weighted by Gasteiger charge is -2.28. The van der Waals surface area contributed by atoms with E-state index < -0.39 is 5.54 Å². The van der Waals surface area contributed by atoms with Crippen LogP contribution in [-0.4, -0.2) is 45.0 Å². The number of esters is 1. The minimum absolute atomic E-state index is 0.166. The Morgan fingerprint density at radius 2 is 2.17 bits per heavy atom. The van der Waals surface area contributed by atoms with Crippen molar-refractivity contribution in [1.29, 1.82) is 0 Å². The zero-order valence-electron chi connectivity index (χ0n) is 11.4. The zero-order valence-corrected chi connectivity index (χ0v) is 11.4. The van der Waals surface area contributed by atoms with Gasteiger partial charge in [-0.15, -0.1) is 0 Å². The van der Waals surface area contributed by atoms with Gasteiger partial charge in [0.05, 0.1) is 19.8 Å². The van der Waals surface area contributed by atoms with Gasteiger partial charge in [-0.3, -0.25) is 4.79 Å². The second-order valence-corrected chi connectivity index (χ2v) is 4.74. The summed E-state index contributed by atoms with van der Waals surface area (Å²) in [6.07, 6.45) is 3.48. The molecule has 1 rings (SSSR count). The lowest BCUT2D eigenvalue weighted by molar-refractivity contribution is -0.151. The van der Waals surface area contributed by atoms with E-state index in [-0.39, 0.29) is 11.9 Å². The van der Waals surface area contributed by atoms with Gasteiger partial charge in [-0.25, -0.2) is 0 Å². The molecule has 0 bridgehead atoms. The Hall–Kier alpha value is -0.650. The Balaban J connectivity index is 2.36. The molecule has 0 aliphatic heterocycles. The summed E-state index contributed by atoms with van der Waals surface area (Å²) in [7, 11) is 1.64. The summed E-state index contributed by atoms with van der Waals surface area (Å²) in [5.74, 6) is -0.0940. The van der Waals surface area contributed by atoms with Gasteiger partial charge in [0.15, 0.2) is 0 Å². The van der Waals surface area contributed by atoms with Crippen LogP contribution in [-0.2, 0) is 19.0 Å². The minimum Gasteiger partial charge on any atom is -0.465 e. The van der Waals surface area contributed by atoms with Crippen molar-refractivity contribution in [2.24, 2.45) is 11.7 Å². The first kappa shape index (κ1) is 15.4. The molecular formula is C13H25NO4. The van der Waals surface area contributed by atoms with Gasteiger partial charge >= 0.3 is 5.97 Å². The van der Waals surface area contributed by atoms with E-state index in [1.165, 1.54) is 0 Å². The van der Waals surface area contributed by atoms with Crippen molar-refractivity contribution in [3.63, 3.8) is 0 Å². The minimum atomic E-state index is -0.805. The predicted molar refractivity (Wildman–Crippen MR) is 68.2 cm³/mol. The molecule has 18 heavy (non-hydrogen) atoms. The molecule has 1 aliphatic rings. The van der Waals surface area contributed by atoms with Crippen molar-refractivity contribution in [1.82, 2.24) is 0 Å². The summed E-state index contributed by atoms with van der Waals surface area (Å²) < 4.78 is 15.4. The van der Waals surface area contributed by atoms with Crippen LogP contribution in [0.3, 0.4) is 0 Å². The van der Waals surface area contributed by atoms with E-state index in [0.29, 0.717) is 32.8 Å². The van der Waals surface area contributed by atoms with Crippen LogP contribution in [0, 0.1) is 5.92 Å². The summed E-state index contributed by atoms with van der Waals surface area (Å²) in [6, 6.07) is 0. The van der Waals surface area contributed by atoms with Gasteiger partial charge in [-0.1, -0.05) is 6.42 Å². The highest BCUT2D eigenvalue weighted by molar-refractivity contribution is 5.81. The molecule has 0 aromatic carbocycles. The van der Waals surface area contributed by atoms with Crippen molar-refractivity contribution >= 4 is 5.97 Å². The normalized spacial score (nSPS) is 27.4. The number of hydrogen-bond donors (Lipinski definition) is 1. The van der Waals surface area contributed by atoms with E-state index in [0.717, 1.165) is 19.3 Å². The number of carbonyl (C=O) groups excluding carboxylic acids is 1. The maximum Gasteiger partial charge on any atom is 0.326 e. The molecule has 2 atom stereocenters. The van der Waals surface area contributed by atoms with Crippen molar-refractivity contribution < 1.29 is 19.0 Å². The van der Waals surface area contributed by atoms with Crippen molar-refractivity contribution in [3.05, 3.63) is 0 Å². The molecule has 0 amide bonds. The largest absolute Gasteiger partial charge is 0.465 e. The highest BCUT2D eigenvalue weighted by Crippen LogP contribution is 2.36. The maximum absolute atomic E-state index is 11.9. The molecule has 0 radical (unpaired) electrons. The molecule has 0 heterocycles. The lowest BCUT2D eigenvalue weighted by Crippen LogP contribution is -2.52. The molecule has 5 heteroatoms. The first-order valence-electron chi connectivity index (χ1n) is 6.68. The Morgan fingerprint density at radius 3 is 2.83 bits per heavy atom. The fraction of sp³-hybridized carbons (Fsp3) is 0.923. The Morgan fingerprint density at radius 1 is 1.39 bits per heavy atom. The van der Waals surface area contributed by atoms with Crippen LogP contribution in [0.15, 0.2) is 0 Å². The van der Waals surface area contributed by atoms with E-state index in [1.807, 2.05) is 0 Å². The summed E-state index contributed by atoms with van der Waals surface area (Å²) in [6.45, 7) is 3.98. The van der Waals surface area contributed by atoms with Crippen LogP contribution < -0.4 is 5.73 Å². The van der Waals surface area contributed by atoms with Crippen LogP contribution in [0.2, 0.25) is 0 Å². The quantitative estimate of drug-likeness (QED) is 0.522. The van der Waals surface area contributed by atoms with Crippen LogP contribution in [0.5, 0.6) is 0 Å². The number of nitrogens with two attached hydrogens (primary N) is 1. The molecule has 106 valence electrons. The monoisotopic (exact) mass is 259 g/mol. The molecule has 2 N–H and O–H groups in total. The summed E-state index contributed by atoms with van der Waals surface area (Å²) in [5.41, 5.74) is 5.41. The second kappa shape index (κ2) is 7.71. The SMILES string of the molecule is CCOC(=O)C1(N)CCCC1CCOCCOC. The van der Waals surface area contributed by atoms with Gasteiger partial charge in [0, 0.05) is 13.7 Å². The third kappa shape index (κ3) is 3.93. The van der Waals surface area contributed by atoms with Crippen molar-refractivity contribution in [2.75, 3.05) is 33.5 Å². The Kier molecular flexibility index (Phi) is 6.60. The zero-order chi connectivity index (χ0) is 13.4. The van der Waals surface area contributed by atoms with Gasteiger partial charge in [-0.05, 0) is 32.1 Å². The molecule has 0 aromatic rings. The molecule has 0 saturated heterocycles. The van der Waals surface area contributed by atoms with Crippen molar-refractivity contribution in [2.45, 2.75) is 38.1 Å². The van der Waals surface area contributed by atoms with E-state index in [9.17, 15) is 4.79 Å². The summed E-state index contributed by atoms with van der Waals surface area (Å²) in [4.78, 5) is 11.9. The average molecular weight is 259 g/mol. The van der Waals surface area contributed by atoms with Crippen molar-refractivity contribution in [3.8, 4) is 0 Å². The Bertz CT molecular complexity index is 259. The first-order chi connectivity index (χ1) is 8.65. The fourth-order valence-electron chi connectivity index (χ4n) is 2.51. The van der Waals surface area contributed by atoms with Gasteiger partial charge in [0.25, 0.3) is 0 Å². The summed E-state index contributed by atoms with van der Waals surface area (Å²) >= 11 is 0. The van der Waals surface area contributed by atoms with E-state index in [1.54, 1.807) is 14.0 Å². The molecule has 2 unspecified atom stereocenters. The molecule has 1 aliphatic carbocycles. The van der Waals surface area contributed by atoms with Crippen LogP contribution >= 0.6 is 0 Å². The van der Waals surface area contributed by atoms with Gasteiger partial charge < -0.3 is 19.9 Å². The van der Waals surface area contributed by atoms with Crippen LogP contribution in [0.25, 0.3) is 0 Å². The standard InChI is InChI=1S/C13H25NO4/c1-3-18-12(15)13(14)7-4-5-11(13)6-8-17-10-9-16-2/h11H,3-10,14H2,1-2H3. The topological polar surface area (TPSA) is 70.8 Å². The number of ether oxygens (including phenoxy) is 3. The number of hydrogen-bond acceptors (Lipinski definition) is 5. The molecule has 0 spiro atoms. The van der Waals surface area contributed by atoms with Gasteiger partial charge in [0.2, 0.25) is 0 Å². The lowest BCUT2D eigenvalue weighted by atomic mass is 9.86. The first-order valence-corrected chi connectivity index (χ1v) is 6.68. The maximum atomic E-state index is 11.9. The third-order valence-electron chi connectivity index (χ3n) is 3.57. The molecule has 1 saturated carbocycles. The molecule has 5 nitrogen and oxygen atoms in total. The fourth-order valence-corrected chi connectivity index (χ4v) is 2.51. The van der Waals surface area contributed by atoms with E-state index in [2.05, 4.69) is 0 Å². The van der Waals surface area contributed by atoms with Gasteiger partial charge in [-0.2, -0.15) is 0 Å². The smallest absolute Gasteiger partial charge is 0.326 e. The summed E-state index contributed by atoms with van der Waals surface area (Å²) in [5, 5.41) is 0. The molecule has 0 aromatic heterocycles. The third-order valence-corrected chi connectivity index (χ3v) is 3.57. The predicted octanol–water partition coefficient (Wildman–Crippen LogP) is 1.10.